The first-order valence-corrected chi connectivity index (χ1v) is 12.6. The average Bonchev–Trinajstić information content (AvgIpc) is 2.58. The zero-order chi connectivity index (χ0) is 22.6. The monoisotopic (exact) mass is 418 g/mol. The quantitative estimate of drug-likeness (QED) is 0.491. The second-order valence-corrected chi connectivity index (χ2v) is 14.6. The molecule has 4 nitrogen and oxygen atoms in total. The molecule has 4 saturated heterocycles. The maximum atomic E-state index is 2.85. The van der Waals surface area contributed by atoms with E-state index in [9.17, 15) is 0 Å². The van der Waals surface area contributed by atoms with Gasteiger partial charge in [-0.3, -0.25) is 0 Å². The average molecular weight is 419 g/mol. The first-order chi connectivity index (χ1) is 13.5. The van der Waals surface area contributed by atoms with E-state index in [-0.39, 0.29) is 22.2 Å². The van der Waals surface area contributed by atoms with Crippen LogP contribution in [0, 0.1) is 11.8 Å². The van der Waals surface area contributed by atoms with Crippen molar-refractivity contribution in [2.75, 3.05) is 0 Å². The standard InChI is InChI=1S/C26H50N4/c1-23(2,3)27-17-13-14-18(28(27)24(4,5)6)22-20-16-15-19(21(17)22)29(25(7,8)9)30(20)26(10,11)12/h17-22H,13-16H2,1-12H3/q+1/t17-,18+,19+,20-,21?,22?. The van der Waals surface area contributed by atoms with Crippen molar-refractivity contribution in [2.45, 2.75) is 155 Å². The Balaban J connectivity index is 1.85. The van der Waals surface area contributed by atoms with Crippen LogP contribution in [0.3, 0.4) is 0 Å². The molecule has 6 rings (SSSR count). The van der Waals surface area contributed by atoms with Crippen LogP contribution in [0.1, 0.15) is 109 Å². The van der Waals surface area contributed by atoms with Crippen molar-refractivity contribution in [3.05, 3.63) is 0 Å². The van der Waals surface area contributed by atoms with Crippen LogP contribution in [0.5, 0.6) is 0 Å². The fourth-order valence-corrected chi connectivity index (χ4v) is 8.05. The molecule has 0 aromatic heterocycles. The fourth-order valence-electron chi connectivity index (χ4n) is 8.05. The number of fused-ring (bicyclic) bond motifs is 4. The fraction of sp³-hybridized carbons (Fsp3) is 1.00. The molecule has 4 heteroatoms. The van der Waals surface area contributed by atoms with Crippen LogP contribution < -0.4 is 5.01 Å². The lowest BCUT2D eigenvalue weighted by Gasteiger charge is -2.72. The van der Waals surface area contributed by atoms with Gasteiger partial charge in [-0.05, 0) is 102 Å². The molecule has 173 valence electrons. The van der Waals surface area contributed by atoms with Gasteiger partial charge in [-0.15, -0.1) is 0 Å². The number of rotatable bonds is 0. The molecule has 2 aliphatic carbocycles. The summed E-state index contributed by atoms with van der Waals surface area (Å²) in [6, 6.07) is 2.66. The minimum absolute atomic E-state index is 0.161. The van der Waals surface area contributed by atoms with Crippen LogP contribution in [0.25, 0.3) is 0 Å². The third kappa shape index (κ3) is 3.31. The molecule has 0 spiro atoms. The molecule has 0 aromatic rings. The molecule has 2 saturated carbocycles. The highest BCUT2D eigenvalue weighted by Crippen LogP contribution is 2.58. The first-order valence-electron chi connectivity index (χ1n) is 12.6. The lowest BCUT2D eigenvalue weighted by atomic mass is 9.56. The Bertz CT molecular complexity index is 544. The smallest absolute Gasteiger partial charge is 0.160 e. The summed E-state index contributed by atoms with van der Waals surface area (Å²) in [4.78, 5) is 0. The summed E-state index contributed by atoms with van der Waals surface area (Å²) in [7, 11) is 0. The number of nitrogens with zero attached hydrogens (tertiary/aromatic N) is 4. The predicted molar refractivity (Wildman–Crippen MR) is 127 cm³/mol. The van der Waals surface area contributed by atoms with E-state index < -0.39 is 0 Å². The number of hydrogen-bond acceptors (Lipinski definition) is 4. The molecule has 6 fully saturated rings. The van der Waals surface area contributed by atoms with Gasteiger partial charge < -0.3 is 0 Å². The lowest BCUT2D eigenvalue weighted by molar-refractivity contribution is -0.328. The summed E-state index contributed by atoms with van der Waals surface area (Å²) >= 11 is 0. The van der Waals surface area contributed by atoms with E-state index in [2.05, 4.69) is 103 Å². The highest BCUT2D eigenvalue weighted by atomic mass is 15.7. The highest BCUT2D eigenvalue weighted by Gasteiger charge is 2.72. The lowest BCUT2D eigenvalue weighted by Crippen LogP contribution is -2.87. The van der Waals surface area contributed by atoms with Crippen LogP contribution in [-0.2, 0) is 0 Å². The van der Waals surface area contributed by atoms with Crippen LogP contribution in [0.4, 0.5) is 0 Å². The molecule has 1 radical (unpaired) electrons. The molecule has 4 heterocycles. The maximum Gasteiger partial charge on any atom is 0.160 e. The Morgan fingerprint density at radius 3 is 1.37 bits per heavy atom. The van der Waals surface area contributed by atoms with Crippen molar-refractivity contribution < 1.29 is 0 Å². The van der Waals surface area contributed by atoms with Gasteiger partial charge in [-0.25, -0.2) is 10.0 Å². The Morgan fingerprint density at radius 1 is 0.533 bits per heavy atom. The third-order valence-electron chi connectivity index (χ3n) is 8.21. The molecule has 6 atom stereocenters. The molecule has 6 aliphatic rings. The summed E-state index contributed by atoms with van der Waals surface area (Å²) in [5, 5.41) is 11.4. The zero-order valence-corrected chi connectivity index (χ0v) is 22.1. The Morgan fingerprint density at radius 2 is 0.967 bits per heavy atom. The summed E-state index contributed by atoms with van der Waals surface area (Å²) in [6.45, 7) is 29.2. The van der Waals surface area contributed by atoms with Gasteiger partial charge in [0.25, 0.3) is 0 Å². The van der Waals surface area contributed by atoms with E-state index in [1.54, 1.807) is 0 Å². The topological polar surface area (TPSA) is 15.6 Å². The van der Waals surface area contributed by atoms with Gasteiger partial charge in [0.15, 0.2) is 11.6 Å². The van der Waals surface area contributed by atoms with Gasteiger partial charge in [-0.1, -0.05) is 10.0 Å². The second kappa shape index (κ2) is 6.68. The van der Waals surface area contributed by atoms with Gasteiger partial charge in [0, 0.05) is 41.4 Å². The van der Waals surface area contributed by atoms with E-state index in [0.29, 0.717) is 24.2 Å². The highest BCUT2D eigenvalue weighted by molar-refractivity contribution is 5.18. The van der Waals surface area contributed by atoms with Gasteiger partial charge >= 0.3 is 0 Å². The van der Waals surface area contributed by atoms with E-state index in [4.69, 9.17) is 0 Å². The first kappa shape index (κ1) is 23.0. The molecular formula is C26H50N4+. The SMILES string of the molecule is CC(C)(C)N1[C@@H]2CC[C@@H](C3C2[C@@H]2CC[C@H]3[N+](C(C)(C)C)N2C(C)(C)C)N1C(C)(C)C. The molecule has 0 aromatic carbocycles. The second-order valence-electron chi connectivity index (χ2n) is 14.6. The van der Waals surface area contributed by atoms with Gasteiger partial charge in [-0.2, -0.15) is 0 Å². The van der Waals surface area contributed by atoms with Gasteiger partial charge in [0.2, 0.25) is 0 Å². The van der Waals surface area contributed by atoms with E-state index in [0.717, 1.165) is 11.8 Å². The van der Waals surface area contributed by atoms with Crippen molar-refractivity contribution in [2.24, 2.45) is 11.8 Å². The summed E-state index contributed by atoms with van der Waals surface area (Å²) in [6.07, 6.45) is 5.47. The van der Waals surface area contributed by atoms with Crippen molar-refractivity contribution in [1.82, 2.24) is 20.0 Å². The summed E-state index contributed by atoms with van der Waals surface area (Å²) in [5.74, 6) is 1.58. The van der Waals surface area contributed by atoms with Crippen molar-refractivity contribution in [3.63, 3.8) is 0 Å². The van der Waals surface area contributed by atoms with Crippen LogP contribution in [-0.4, -0.2) is 61.3 Å². The van der Waals surface area contributed by atoms with Crippen LogP contribution in [0.15, 0.2) is 0 Å². The van der Waals surface area contributed by atoms with Crippen LogP contribution in [0.2, 0.25) is 0 Å². The Kier molecular flexibility index (Phi) is 5.13. The molecule has 30 heavy (non-hydrogen) atoms. The van der Waals surface area contributed by atoms with E-state index >= 15 is 0 Å². The normalized spacial score (nSPS) is 39.6. The van der Waals surface area contributed by atoms with Crippen molar-refractivity contribution in [1.29, 1.82) is 0 Å². The largest absolute Gasteiger partial charge is 0.232 e. The van der Waals surface area contributed by atoms with Crippen LogP contribution >= 0.6 is 0 Å². The van der Waals surface area contributed by atoms with Gasteiger partial charge in [0.1, 0.15) is 0 Å². The van der Waals surface area contributed by atoms with Crippen molar-refractivity contribution >= 4 is 0 Å². The summed E-state index contributed by atoms with van der Waals surface area (Å²) < 4.78 is 0. The summed E-state index contributed by atoms with van der Waals surface area (Å²) in [5.41, 5.74) is 0.645. The van der Waals surface area contributed by atoms with Crippen molar-refractivity contribution in [3.8, 4) is 0 Å². The molecule has 0 N–H and O–H groups in total. The molecule has 0 amide bonds. The molecule has 2 unspecified atom stereocenters. The Hall–Kier alpha value is -0.160. The number of hydrogen-bond donors (Lipinski definition) is 0. The Labute approximate surface area is 187 Å². The maximum absolute atomic E-state index is 2.85. The minimum Gasteiger partial charge on any atom is -0.232 e. The third-order valence-corrected chi connectivity index (χ3v) is 8.21. The van der Waals surface area contributed by atoms with Gasteiger partial charge in [0.05, 0.1) is 11.6 Å². The zero-order valence-electron chi connectivity index (χ0n) is 22.1. The minimum atomic E-state index is 0.161. The predicted octanol–water partition coefficient (Wildman–Crippen LogP) is 5.38. The van der Waals surface area contributed by atoms with E-state index in [1.807, 2.05) is 0 Å². The molecular weight excluding hydrogens is 368 g/mol. The van der Waals surface area contributed by atoms with E-state index in [1.165, 1.54) is 25.7 Å². The molecule has 4 bridgehead atoms. The molecule has 4 aliphatic heterocycles. The number of hydrazine groups is 2.